The summed E-state index contributed by atoms with van der Waals surface area (Å²) in [5.74, 6) is 4.24. The van der Waals surface area contributed by atoms with Crippen molar-refractivity contribution < 1.29 is 0 Å². The molecule has 2 heteroatoms. The van der Waals surface area contributed by atoms with Crippen LogP contribution in [-0.2, 0) is 6.42 Å². The van der Waals surface area contributed by atoms with Crippen LogP contribution in [-0.4, -0.2) is 12.6 Å². The van der Waals surface area contributed by atoms with Gasteiger partial charge in [-0.1, -0.05) is 12.1 Å². The quantitative estimate of drug-likeness (QED) is 0.796. The lowest BCUT2D eigenvalue weighted by molar-refractivity contribution is 0.456. The molecular formula is C16H22N2. The van der Waals surface area contributed by atoms with E-state index in [-0.39, 0.29) is 0 Å². The van der Waals surface area contributed by atoms with Crippen molar-refractivity contribution in [2.75, 3.05) is 12.3 Å². The van der Waals surface area contributed by atoms with Gasteiger partial charge >= 0.3 is 0 Å². The second kappa shape index (κ2) is 3.99. The van der Waals surface area contributed by atoms with Crippen LogP contribution in [0.15, 0.2) is 24.3 Å². The summed E-state index contributed by atoms with van der Waals surface area (Å²) < 4.78 is 0. The van der Waals surface area contributed by atoms with E-state index in [1.807, 2.05) is 6.07 Å². The Balaban J connectivity index is 1.29. The summed E-state index contributed by atoms with van der Waals surface area (Å²) in [6.07, 6.45) is 5.68. The minimum absolute atomic E-state index is 0.859. The fourth-order valence-corrected chi connectivity index (χ4v) is 4.73. The van der Waals surface area contributed by atoms with Gasteiger partial charge in [-0.15, -0.1) is 0 Å². The smallest absolute Gasteiger partial charge is 0.0316 e. The zero-order valence-corrected chi connectivity index (χ0v) is 10.8. The van der Waals surface area contributed by atoms with Gasteiger partial charge in [0.1, 0.15) is 0 Å². The number of nitrogen functional groups attached to an aromatic ring is 1. The second-order valence-corrected chi connectivity index (χ2v) is 6.46. The number of fused-ring (bicyclic) bond motifs is 5. The zero-order valence-electron chi connectivity index (χ0n) is 10.8. The zero-order chi connectivity index (χ0) is 12.1. The summed E-state index contributed by atoms with van der Waals surface area (Å²) >= 11 is 0. The van der Waals surface area contributed by atoms with Crippen molar-refractivity contribution in [1.82, 2.24) is 5.32 Å². The Morgan fingerprint density at radius 3 is 2.67 bits per heavy atom. The number of hydrogen-bond acceptors (Lipinski definition) is 2. The molecule has 1 aromatic rings. The van der Waals surface area contributed by atoms with E-state index in [0.29, 0.717) is 0 Å². The normalized spacial score (nSPS) is 39.9. The summed E-state index contributed by atoms with van der Waals surface area (Å²) in [5, 5.41) is 3.79. The molecule has 0 heterocycles. The third kappa shape index (κ3) is 1.66. The van der Waals surface area contributed by atoms with Crippen molar-refractivity contribution in [3.63, 3.8) is 0 Å². The maximum Gasteiger partial charge on any atom is 0.0316 e. The van der Waals surface area contributed by atoms with Crippen molar-refractivity contribution in [3.05, 3.63) is 29.8 Å². The Morgan fingerprint density at radius 1 is 1.17 bits per heavy atom. The van der Waals surface area contributed by atoms with Gasteiger partial charge in [0.05, 0.1) is 0 Å². The third-order valence-corrected chi connectivity index (χ3v) is 5.48. The SMILES string of the molecule is Nc1cccc(CCNC2C3C4CCC(C4)C23)c1. The van der Waals surface area contributed by atoms with E-state index >= 15 is 0 Å². The summed E-state index contributed by atoms with van der Waals surface area (Å²) in [4.78, 5) is 0. The minimum Gasteiger partial charge on any atom is -0.399 e. The molecule has 3 fully saturated rings. The molecule has 2 bridgehead atoms. The number of rotatable bonds is 4. The van der Waals surface area contributed by atoms with Crippen LogP contribution in [0.25, 0.3) is 0 Å². The molecule has 3 saturated carbocycles. The predicted octanol–water partition coefficient (Wildman–Crippen LogP) is 2.45. The fraction of sp³-hybridized carbons (Fsp3) is 0.625. The van der Waals surface area contributed by atoms with Crippen molar-refractivity contribution in [3.8, 4) is 0 Å². The van der Waals surface area contributed by atoms with E-state index in [4.69, 9.17) is 5.73 Å². The lowest BCUT2D eigenvalue weighted by Crippen LogP contribution is -2.25. The molecule has 0 aliphatic heterocycles. The third-order valence-electron chi connectivity index (χ3n) is 5.48. The van der Waals surface area contributed by atoms with Gasteiger partial charge in [0.15, 0.2) is 0 Å². The van der Waals surface area contributed by atoms with E-state index in [2.05, 4.69) is 23.5 Å². The lowest BCUT2D eigenvalue weighted by atomic mass is 10.0. The molecule has 2 nitrogen and oxygen atoms in total. The number of nitrogens with two attached hydrogens (primary N) is 1. The molecule has 96 valence electrons. The molecule has 0 spiro atoms. The number of nitrogens with one attached hydrogen (secondary N) is 1. The Hall–Kier alpha value is -1.02. The summed E-state index contributed by atoms with van der Waals surface area (Å²) in [5.41, 5.74) is 8.04. The molecule has 3 N–H and O–H groups in total. The molecule has 0 aromatic heterocycles. The van der Waals surface area contributed by atoms with Crippen LogP contribution in [0.2, 0.25) is 0 Å². The molecule has 3 aliphatic rings. The van der Waals surface area contributed by atoms with Gasteiger partial charge in [0.25, 0.3) is 0 Å². The Kier molecular flexibility index (Phi) is 2.41. The maximum atomic E-state index is 5.80. The van der Waals surface area contributed by atoms with Crippen LogP contribution in [0.4, 0.5) is 5.69 Å². The van der Waals surface area contributed by atoms with Gasteiger partial charge in [-0.25, -0.2) is 0 Å². The van der Waals surface area contributed by atoms with E-state index in [1.54, 1.807) is 6.42 Å². The average molecular weight is 242 g/mol. The Labute approximate surface area is 109 Å². The van der Waals surface area contributed by atoms with E-state index in [1.165, 1.54) is 18.4 Å². The first-order valence-electron chi connectivity index (χ1n) is 7.41. The first kappa shape index (κ1) is 10.9. The first-order valence-corrected chi connectivity index (χ1v) is 7.41. The first-order chi connectivity index (χ1) is 8.83. The van der Waals surface area contributed by atoms with Gasteiger partial charge in [-0.05, 0) is 73.6 Å². The molecule has 4 rings (SSSR count). The van der Waals surface area contributed by atoms with Crippen LogP contribution >= 0.6 is 0 Å². The van der Waals surface area contributed by atoms with Gasteiger partial charge in [-0.2, -0.15) is 0 Å². The molecule has 4 atom stereocenters. The maximum absolute atomic E-state index is 5.80. The lowest BCUT2D eigenvalue weighted by Gasteiger charge is -2.10. The van der Waals surface area contributed by atoms with Crippen molar-refractivity contribution in [1.29, 1.82) is 0 Å². The topological polar surface area (TPSA) is 38.0 Å². The summed E-state index contributed by atoms with van der Waals surface area (Å²) in [7, 11) is 0. The van der Waals surface area contributed by atoms with E-state index < -0.39 is 0 Å². The monoisotopic (exact) mass is 242 g/mol. The number of hydrogen-bond donors (Lipinski definition) is 2. The standard InChI is InChI=1S/C16H22N2/c17-13-3-1-2-10(8-13)6-7-18-16-14-11-4-5-12(9-11)15(14)16/h1-3,8,11-12,14-16,18H,4-7,9,17H2. The Morgan fingerprint density at radius 2 is 1.94 bits per heavy atom. The molecule has 0 saturated heterocycles. The van der Waals surface area contributed by atoms with E-state index in [0.717, 1.165) is 48.4 Å². The highest BCUT2D eigenvalue weighted by Gasteiger charge is 2.64. The van der Waals surface area contributed by atoms with Gasteiger partial charge < -0.3 is 11.1 Å². The molecule has 18 heavy (non-hydrogen) atoms. The van der Waals surface area contributed by atoms with Crippen LogP contribution in [0.1, 0.15) is 24.8 Å². The van der Waals surface area contributed by atoms with Crippen LogP contribution in [0.5, 0.6) is 0 Å². The van der Waals surface area contributed by atoms with E-state index in [9.17, 15) is 0 Å². The second-order valence-electron chi connectivity index (χ2n) is 6.46. The number of anilines is 1. The largest absolute Gasteiger partial charge is 0.399 e. The van der Waals surface area contributed by atoms with Crippen LogP contribution in [0.3, 0.4) is 0 Å². The van der Waals surface area contributed by atoms with Crippen molar-refractivity contribution in [2.45, 2.75) is 31.7 Å². The molecular weight excluding hydrogens is 220 g/mol. The molecule has 0 amide bonds. The van der Waals surface area contributed by atoms with Gasteiger partial charge in [0.2, 0.25) is 0 Å². The minimum atomic E-state index is 0.859. The van der Waals surface area contributed by atoms with Crippen molar-refractivity contribution >= 4 is 5.69 Å². The molecule has 4 unspecified atom stereocenters. The number of benzene rings is 1. The van der Waals surface area contributed by atoms with Gasteiger partial charge in [0, 0.05) is 11.7 Å². The highest BCUT2D eigenvalue weighted by Crippen LogP contribution is 2.65. The highest BCUT2D eigenvalue weighted by molar-refractivity contribution is 5.40. The summed E-state index contributed by atoms with van der Waals surface area (Å²) in [6.45, 7) is 1.11. The Bertz CT molecular complexity index is 440. The summed E-state index contributed by atoms with van der Waals surface area (Å²) in [6, 6.07) is 9.14. The van der Waals surface area contributed by atoms with Crippen molar-refractivity contribution in [2.24, 2.45) is 23.7 Å². The van der Waals surface area contributed by atoms with Crippen LogP contribution in [0, 0.1) is 23.7 Å². The fourth-order valence-electron chi connectivity index (χ4n) is 4.73. The van der Waals surface area contributed by atoms with Gasteiger partial charge in [-0.3, -0.25) is 0 Å². The highest BCUT2D eigenvalue weighted by atomic mass is 15.0. The molecule has 3 aliphatic carbocycles. The molecule has 1 aromatic carbocycles. The molecule has 0 radical (unpaired) electrons. The van der Waals surface area contributed by atoms with Crippen LogP contribution < -0.4 is 11.1 Å². The predicted molar refractivity (Wildman–Crippen MR) is 74.2 cm³/mol. The average Bonchev–Trinajstić information content (AvgIpc) is 2.77.